The highest BCUT2D eigenvalue weighted by atomic mass is 79.9. The van der Waals surface area contributed by atoms with Gasteiger partial charge in [-0.05, 0) is 44.2 Å². The highest BCUT2D eigenvalue weighted by Crippen LogP contribution is 2.16. The Morgan fingerprint density at radius 1 is 1.32 bits per heavy atom. The Kier molecular flexibility index (Phi) is 5.40. The normalized spacial score (nSPS) is 12.9. The number of nitrogens with one attached hydrogen (secondary N) is 1. The van der Waals surface area contributed by atoms with E-state index in [9.17, 15) is 4.79 Å². The van der Waals surface area contributed by atoms with Gasteiger partial charge in [0.25, 0.3) is 0 Å². The Hall–Kier alpha value is -1.62. The van der Waals surface area contributed by atoms with Crippen molar-refractivity contribution in [2.45, 2.75) is 38.8 Å². The van der Waals surface area contributed by atoms with E-state index in [1.807, 2.05) is 33.0 Å². The van der Waals surface area contributed by atoms with Gasteiger partial charge in [-0.15, -0.1) is 0 Å². The van der Waals surface area contributed by atoms with Crippen LogP contribution in [0.3, 0.4) is 0 Å². The summed E-state index contributed by atoms with van der Waals surface area (Å²) in [7, 11) is 0. The summed E-state index contributed by atoms with van der Waals surface area (Å²) in [5, 5.41) is 5.83. The molecule has 0 bridgehead atoms. The molecule has 1 amide bonds. The van der Waals surface area contributed by atoms with Gasteiger partial charge in [-0.1, -0.05) is 34.1 Å². The van der Waals surface area contributed by atoms with E-state index >= 15 is 0 Å². The number of hydrogen-bond acceptors (Lipinski definition) is 3. The Bertz CT molecular complexity index is 652. The van der Waals surface area contributed by atoms with Crippen LogP contribution >= 0.6 is 15.9 Å². The monoisotopic (exact) mass is 364 g/mol. The van der Waals surface area contributed by atoms with Crippen LogP contribution in [-0.4, -0.2) is 28.1 Å². The standard InChI is InChI=1S/C17H21BrN2O2/c1-17(2,3)22-16(21)20-15(10-18)9-12-4-5-14-11-19-7-6-13(14)8-12/h4-8,11,15H,9-10H2,1-3H3,(H,20,21)/t15-/m0/s1. The van der Waals surface area contributed by atoms with E-state index in [0.29, 0.717) is 5.33 Å². The lowest BCUT2D eigenvalue weighted by atomic mass is 10.0. The van der Waals surface area contributed by atoms with Crippen molar-refractivity contribution in [1.82, 2.24) is 10.3 Å². The van der Waals surface area contributed by atoms with Gasteiger partial charge in [0.05, 0.1) is 0 Å². The maximum absolute atomic E-state index is 11.9. The molecule has 1 atom stereocenters. The Morgan fingerprint density at radius 2 is 2.09 bits per heavy atom. The molecule has 4 nitrogen and oxygen atoms in total. The number of amides is 1. The largest absolute Gasteiger partial charge is 0.444 e. The molecule has 0 spiro atoms. The van der Waals surface area contributed by atoms with Gasteiger partial charge in [0.2, 0.25) is 0 Å². The average Bonchev–Trinajstić information content (AvgIpc) is 2.44. The number of carbonyl (C=O) groups excluding carboxylic acids is 1. The van der Waals surface area contributed by atoms with E-state index in [2.05, 4.69) is 44.4 Å². The van der Waals surface area contributed by atoms with Crippen LogP contribution in [0.5, 0.6) is 0 Å². The number of pyridine rings is 1. The van der Waals surface area contributed by atoms with Crippen molar-refractivity contribution in [3.63, 3.8) is 0 Å². The summed E-state index contributed by atoms with van der Waals surface area (Å²) < 4.78 is 5.30. The number of aromatic nitrogens is 1. The van der Waals surface area contributed by atoms with Crippen molar-refractivity contribution in [3.8, 4) is 0 Å². The molecule has 1 aromatic heterocycles. The molecule has 0 aliphatic heterocycles. The zero-order valence-electron chi connectivity index (χ0n) is 13.1. The highest BCUT2D eigenvalue weighted by molar-refractivity contribution is 9.09. The predicted octanol–water partition coefficient (Wildman–Crippen LogP) is 4.07. The number of alkyl halides is 1. The van der Waals surface area contributed by atoms with Gasteiger partial charge in [-0.3, -0.25) is 4.98 Å². The van der Waals surface area contributed by atoms with Gasteiger partial charge in [-0.2, -0.15) is 0 Å². The molecule has 1 heterocycles. The molecule has 1 N–H and O–H groups in total. The number of ether oxygens (including phenoxy) is 1. The lowest BCUT2D eigenvalue weighted by Crippen LogP contribution is -2.41. The number of alkyl carbamates (subject to hydrolysis) is 1. The summed E-state index contributed by atoms with van der Waals surface area (Å²) in [6, 6.07) is 8.22. The minimum atomic E-state index is -0.489. The van der Waals surface area contributed by atoms with Crippen LogP contribution in [0.25, 0.3) is 10.8 Å². The third-order valence-corrected chi connectivity index (χ3v) is 3.88. The van der Waals surface area contributed by atoms with E-state index in [4.69, 9.17) is 4.74 Å². The molecule has 5 heteroatoms. The minimum absolute atomic E-state index is 0.0193. The summed E-state index contributed by atoms with van der Waals surface area (Å²) in [6.07, 6.45) is 3.98. The van der Waals surface area contributed by atoms with E-state index < -0.39 is 5.60 Å². The zero-order valence-corrected chi connectivity index (χ0v) is 14.7. The molecule has 118 valence electrons. The predicted molar refractivity (Wildman–Crippen MR) is 92.4 cm³/mol. The Labute approximate surface area is 139 Å². The van der Waals surface area contributed by atoms with Crippen LogP contribution < -0.4 is 5.32 Å². The van der Waals surface area contributed by atoms with Crippen LogP contribution in [0.1, 0.15) is 26.3 Å². The molecule has 0 aliphatic rings. The molecule has 0 aliphatic carbocycles. The lowest BCUT2D eigenvalue weighted by molar-refractivity contribution is 0.0510. The second-order valence-electron chi connectivity index (χ2n) is 6.26. The van der Waals surface area contributed by atoms with E-state index in [1.165, 1.54) is 5.56 Å². The third kappa shape index (κ3) is 4.98. The molecule has 2 aromatic rings. The van der Waals surface area contributed by atoms with Gasteiger partial charge in [0.1, 0.15) is 5.60 Å². The molecular formula is C17H21BrN2O2. The average molecular weight is 365 g/mol. The van der Waals surface area contributed by atoms with Gasteiger partial charge < -0.3 is 10.1 Å². The maximum Gasteiger partial charge on any atom is 0.407 e. The highest BCUT2D eigenvalue weighted by Gasteiger charge is 2.19. The van der Waals surface area contributed by atoms with Crippen molar-refractivity contribution < 1.29 is 9.53 Å². The van der Waals surface area contributed by atoms with Crippen molar-refractivity contribution in [2.75, 3.05) is 5.33 Å². The van der Waals surface area contributed by atoms with Gasteiger partial charge in [0, 0.05) is 29.2 Å². The van der Waals surface area contributed by atoms with Crippen molar-refractivity contribution in [2.24, 2.45) is 0 Å². The Balaban J connectivity index is 2.03. The first-order valence-electron chi connectivity index (χ1n) is 7.25. The van der Waals surface area contributed by atoms with Gasteiger partial charge >= 0.3 is 6.09 Å². The first kappa shape index (κ1) is 16.7. The van der Waals surface area contributed by atoms with Crippen LogP contribution in [-0.2, 0) is 11.2 Å². The zero-order chi connectivity index (χ0) is 16.2. The smallest absolute Gasteiger partial charge is 0.407 e. The molecule has 2 rings (SSSR count). The number of rotatable bonds is 4. The topological polar surface area (TPSA) is 51.2 Å². The first-order chi connectivity index (χ1) is 10.4. The Morgan fingerprint density at radius 3 is 2.77 bits per heavy atom. The first-order valence-corrected chi connectivity index (χ1v) is 8.37. The van der Waals surface area contributed by atoms with Gasteiger partial charge in [0.15, 0.2) is 0 Å². The fourth-order valence-electron chi connectivity index (χ4n) is 2.16. The SMILES string of the molecule is CC(C)(C)OC(=O)N[C@H](CBr)Cc1ccc2cnccc2c1. The van der Waals surface area contributed by atoms with E-state index in [1.54, 1.807) is 6.20 Å². The fraction of sp³-hybridized carbons (Fsp3) is 0.412. The fourth-order valence-corrected chi connectivity index (χ4v) is 2.55. The van der Waals surface area contributed by atoms with Gasteiger partial charge in [-0.25, -0.2) is 4.79 Å². The van der Waals surface area contributed by atoms with Crippen molar-refractivity contribution >= 4 is 32.8 Å². The summed E-state index contributed by atoms with van der Waals surface area (Å²) >= 11 is 3.45. The molecule has 0 saturated heterocycles. The number of carbonyl (C=O) groups is 1. The number of halogens is 1. The third-order valence-electron chi connectivity index (χ3n) is 3.09. The summed E-state index contributed by atoms with van der Waals surface area (Å²) in [5.41, 5.74) is 0.677. The number of nitrogens with zero attached hydrogens (tertiary/aromatic N) is 1. The second-order valence-corrected chi connectivity index (χ2v) is 6.91. The summed E-state index contributed by atoms with van der Waals surface area (Å²) in [4.78, 5) is 16.0. The molecule has 1 aromatic carbocycles. The summed E-state index contributed by atoms with van der Waals surface area (Å²) in [6.45, 7) is 5.56. The number of benzene rings is 1. The van der Waals surface area contributed by atoms with Crippen LogP contribution in [0.15, 0.2) is 36.7 Å². The van der Waals surface area contributed by atoms with Crippen molar-refractivity contribution in [3.05, 3.63) is 42.2 Å². The lowest BCUT2D eigenvalue weighted by Gasteiger charge is -2.23. The molecule has 22 heavy (non-hydrogen) atoms. The molecular weight excluding hydrogens is 344 g/mol. The molecule has 0 unspecified atom stereocenters. The molecule has 0 radical (unpaired) electrons. The van der Waals surface area contributed by atoms with Crippen molar-refractivity contribution in [1.29, 1.82) is 0 Å². The molecule has 0 saturated carbocycles. The molecule has 0 fully saturated rings. The second kappa shape index (κ2) is 7.09. The summed E-state index contributed by atoms with van der Waals surface area (Å²) in [5.74, 6) is 0. The van der Waals surface area contributed by atoms with Crippen LogP contribution in [0, 0.1) is 0 Å². The van der Waals surface area contributed by atoms with E-state index in [0.717, 1.165) is 17.2 Å². The van der Waals surface area contributed by atoms with Crippen LogP contribution in [0.2, 0.25) is 0 Å². The van der Waals surface area contributed by atoms with Crippen LogP contribution in [0.4, 0.5) is 4.79 Å². The number of fused-ring (bicyclic) bond motifs is 1. The maximum atomic E-state index is 11.9. The van der Waals surface area contributed by atoms with E-state index in [-0.39, 0.29) is 12.1 Å². The minimum Gasteiger partial charge on any atom is -0.444 e. The number of hydrogen-bond donors (Lipinski definition) is 1. The quantitative estimate of drug-likeness (QED) is 0.832.